The highest BCUT2D eigenvalue weighted by Crippen LogP contribution is 2.27. The van der Waals surface area contributed by atoms with Crippen LogP contribution in [-0.4, -0.2) is 26.2 Å². The maximum atomic E-state index is 13.0. The van der Waals surface area contributed by atoms with Crippen LogP contribution in [0.4, 0.5) is 10.1 Å². The summed E-state index contributed by atoms with van der Waals surface area (Å²) < 4.78 is 14.0. The molecule has 2 rings (SSSR count). The second-order valence-corrected chi connectivity index (χ2v) is 4.19. The van der Waals surface area contributed by atoms with E-state index in [1.54, 1.807) is 12.1 Å². The van der Waals surface area contributed by atoms with Gasteiger partial charge in [0.25, 0.3) is 0 Å². The van der Waals surface area contributed by atoms with Gasteiger partial charge in [-0.1, -0.05) is 0 Å². The van der Waals surface area contributed by atoms with Crippen LogP contribution in [0.15, 0.2) is 22.7 Å². The minimum absolute atomic E-state index is 0.179. The molecule has 0 aliphatic carbocycles. The van der Waals surface area contributed by atoms with E-state index in [0.29, 0.717) is 0 Å². The Hall–Kier alpha value is -0.610. The number of anilines is 1. The molecule has 2 nitrogen and oxygen atoms in total. The number of hydrogen-bond acceptors (Lipinski definition) is 2. The molecule has 4 heteroatoms. The zero-order chi connectivity index (χ0) is 9.97. The third-order valence-electron chi connectivity index (χ3n) is 2.37. The van der Waals surface area contributed by atoms with E-state index in [-0.39, 0.29) is 5.82 Å². The normalized spacial score (nSPS) is 17.1. The highest BCUT2D eigenvalue weighted by molar-refractivity contribution is 9.10. The van der Waals surface area contributed by atoms with Crippen LogP contribution in [0, 0.1) is 5.82 Å². The summed E-state index contributed by atoms with van der Waals surface area (Å²) >= 11 is 3.44. The molecule has 1 N–H and O–H groups in total. The maximum Gasteiger partial charge on any atom is 0.125 e. The standard InChI is InChI=1S/C10H12BrFN2/c11-9-2-1-8(12)7-10(9)14-5-3-13-4-6-14/h1-2,7,13H,3-6H2. The Bertz CT molecular complexity index is 324. The van der Waals surface area contributed by atoms with Crippen molar-refractivity contribution in [1.29, 1.82) is 0 Å². The molecule has 0 spiro atoms. The van der Waals surface area contributed by atoms with Crippen molar-refractivity contribution >= 4 is 21.6 Å². The first kappa shape index (κ1) is 9.93. The van der Waals surface area contributed by atoms with Crippen molar-refractivity contribution < 1.29 is 4.39 Å². The lowest BCUT2D eigenvalue weighted by Crippen LogP contribution is -2.43. The molecule has 0 amide bonds. The van der Waals surface area contributed by atoms with Crippen molar-refractivity contribution in [2.75, 3.05) is 31.1 Å². The van der Waals surface area contributed by atoms with E-state index in [4.69, 9.17) is 0 Å². The van der Waals surface area contributed by atoms with Gasteiger partial charge in [-0.15, -0.1) is 0 Å². The summed E-state index contributed by atoms with van der Waals surface area (Å²) in [6.45, 7) is 3.79. The largest absolute Gasteiger partial charge is 0.368 e. The number of piperazine rings is 1. The molecule has 14 heavy (non-hydrogen) atoms. The zero-order valence-corrected chi connectivity index (χ0v) is 9.35. The van der Waals surface area contributed by atoms with Crippen molar-refractivity contribution in [3.63, 3.8) is 0 Å². The van der Waals surface area contributed by atoms with E-state index in [1.807, 2.05) is 0 Å². The van der Waals surface area contributed by atoms with Gasteiger partial charge < -0.3 is 10.2 Å². The summed E-state index contributed by atoms with van der Waals surface area (Å²) in [5, 5.41) is 3.27. The summed E-state index contributed by atoms with van der Waals surface area (Å²) in [5.41, 5.74) is 0.950. The highest BCUT2D eigenvalue weighted by atomic mass is 79.9. The van der Waals surface area contributed by atoms with Gasteiger partial charge in [0.05, 0.1) is 5.69 Å². The number of hydrogen-bond donors (Lipinski definition) is 1. The number of benzene rings is 1. The van der Waals surface area contributed by atoms with Gasteiger partial charge in [-0.2, -0.15) is 0 Å². The summed E-state index contributed by atoms with van der Waals surface area (Å²) in [4.78, 5) is 2.18. The molecule has 0 bridgehead atoms. The van der Waals surface area contributed by atoms with Crippen molar-refractivity contribution in [2.45, 2.75) is 0 Å². The number of rotatable bonds is 1. The van der Waals surface area contributed by atoms with Crippen LogP contribution >= 0.6 is 15.9 Å². The number of halogens is 2. The average molecular weight is 259 g/mol. The van der Waals surface area contributed by atoms with Crippen molar-refractivity contribution in [3.05, 3.63) is 28.5 Å². The Morgan fingerprint density at radius 2 is 2.00 bits per heavy atom. The van der Waals surface area contributed by atoms with Gasteiger partial charge in [0, 0.05) is 30.7 Å². The predicted molar refractivity (Wildman–Crippen MR) is 59.2 cm³/mol. The van der Waals surface area contributed by atoms with Crippen LogP contribution in [0.25, 0.3) is 0 Å². The highest BCUT2D eigenvalue weighted by Gasteiger charge is 2.13. The van der Waals surface area contributed by atoms with E-state index >= 15 is 0 Å². The second-order valence-electron chi connectivity index (χ2n) is 3.33. The van der Waals surface area contributed by atoms with Gasteiger partial charge in [-0.3, -0.25) is 0 Å². The van der Waals surface area contributed by atoms with Crippen LogP contribution in [0.5, 0.6) is 0 Å². The summed E-state index contributed by atoms with van der Waals surface area (Å²) in [6, 6.07) is 4.80. The van der Waals surface area contributed by atoms with E-state index in [1.165, 1.54) is 6.07 Å². The molecule has 1 aliphatic rings. The molecular formula is C10H12BrFN2. The fraction of sp³-hybridized carbons (Fsp3) is 0.400. The molecule has 1 aliphatic heterocycles. The molecular weight excluding hydrogens is 247 g/mol. The maximum absolute atomic E-state index is 13.0. The predicted octanol–water partition coefficient (Wildman–Crippen LogP) is 2.00. The molecule has 1 saturated heterocycles. The average Bonchev–Trinajstić information content (AvgIpc) is 2.23. The zero-order valence-electron chi connectivity index (χ0n) is 7.76. The SMILES string of the molecule is Fc1ccc(Br)c(N2CCNCC2)c1. The topological polar surface area (TPSA) is 15.3 Å². The molecule has 1 aromatic carbocycles. The Balaban J connectivity index is 2.24. The number of nitrogens with one attached hydrogen (secondary N) is 1. The quantitative estimate of drug-likeness (QED) is 0.829. The van der Waals surface area contributed by atoms with Gasteiger partial charge >= 0.3 is 0 Å². The van der Waals surface area contributed by atoms with Crippen LogP contribution in [0.1, 0.15) is 0 Å². The van der Waals surface area contributed by atoms with Crippen LogP contribution in [-0.2, 0) is 0 Å². The molecule has 0 aromatic heterocycles. The van der Waals surface area contributed by atoms with E-state index < -0.39 is 0 Å². The molecule has 76 valence electrons. The van der Waals surface area contributed by atoms with E-state index in [9.17, 15) is 4.39 Å². The molecule has 1 fully saturated rings. The molecule has 0 atom stereocenters. The van der Waals surface area contributed by atoms with Crippen LogP contribution in [0.3, 0.4) is 0 Å². The molecule has 0 radical (unpaired) electrons. The van der Waals surface area contributed by atoms with E-state index in [2.05, 4.69) is 26.1 Å². The van der Waals surface area contributed by atoms with Gasteiger partial charge in [-0.05, 0) is 34.1 Å². The first-order valence-electron chi connectivity index (χ1n) is 4.68. The van der Waals surface area contributed by atoms with Crippen molar-refractivity contribution in [2.24, 2.45) is 0 Å². The number of nitrogens with zero attached hydrogens (tertiary/aromatic N) is 1. The minimum Gasteiger partial charge on any atom is -0.368 e. The first-order valence-corrected chi connectivity index (χ1v) is 5.47. The molecule has 1 aromatic rings. The lowest BCUT2D eigenvalue weighted by Gasteiger charge is -2.30. The fourth-order valence-electron chi connectivity index (χ4n) is 1.63. The van der Waals surface area contributed by atoms with Crippen molar-refractivity contribution in [3.8, 4) is 0 Å². The lowest BCUT2D eigenvalue weighted by atomic mass is 10.2. The van der Waals surface area contributed by atoms with Gasteiger partial charge in [-0.25, -0.2) is 4.39 Å². The van der Waals surface area contributed by atoms with Crippen LogP contribution in [0.2, 0.25) is 0 Å². The van der Waals surface area contributed by atoms with Gasteiger partial charge in [0.1, 0.15) is 5.82 Å². The Labute approximate surface area is 91.2 Å². The Kier molecular flexibility index (Phi) is 3.03. The van der Waals surface area contributed by atoms with Crippen molar-refractivity contribution in [1.82, 2.24) is 5.32 Å². The summed E-state index contributed by atoms with van der Waals surface area (Å²) in [7, 11) is 0. The Morgan fingerprint density at radius 1 is 1.29 bits per heavy atom. The third-order valence-corrected chi connectivity index (χ3v) is 3.04. The van der Waals surface area contributed by atoms with Gasteiger partial charge in [0.15, 0.2) is 0 Å². The summed E-state index contributed by atoms with van der Waals surface area (Å²) in [5.74, 6) is -0.179. The monoisotopic (exact) mass is 258 g/mol. The minimum atomic E-state index is -0.179. The Morgan fingerprint density at radius 3 is 2.71 bits per heavy atom. The van der Waals surface area contributed by atoms with Crippen LogP contribution < -0.4 is 10.2 Å². The van der Waals surface area contributed by atoms with Gasteiger partial charge in [0.2, 0.25) is 0 Å². The smallest absolute Gasteiger partial charge is 0.125 e. The molecule has 0 unspecified atom stereocenters. The van der Waals surface area contributed by atoms with E-state index in [0.717, 1.165) is 36.3 Å². The molecule has 1 heterocycles. The molecule has 0 saturated carbocycles. The second kappa shape index (κ2) is 4.28. The third kappa shape index (κ3) is 2.07. The first-order chi connectivity index (χ1) is 6.77. The lowest BCUT2D eigenvalue weighted by molar-refractivity contribution is 0.584. The summed E-state index contributed by atoms with van der Waals surface area (Å²) in [6.07, 6.45) is 0. The fourth-order valence-corrected chi connectivity index (χ4v) is 2.13.